The molecule has 1 N–H and O–H groups in total. The van der Waals surface area contributed by atoms with Crippen LogP contribution in [-0.2, 0) is 9.47 Å². The van der Waals surface area contributed by atoms with Gasteiger partial charge in [-0.3, -0.25) is 0 Å². The van der Waals surface area contributed by atoms with Crippen LogP contribution < -0.4 is 10.2 Å². The highest BCUT2D eigenvalue weighted by Crippen LogP contribution is 2.25. The molecule has 1 aromatic rings. The summed E-state index contributed by atoms with van der Waals surface area (Å²) in [5.74, 6) is 1.09. The van der Waals surface area contributed by atoms with Crippen LogP contribution in [0.3, 0.4) is 0 Å². The molecule has 2 aliphatic rings. The zero-order valence-corrected chi connectivity index (χ0v) is 12.9. The Balaban J connectivity index is 1.68. The molecule has 116 valence electrons. The van der Waals surface area contributed by atoms with Crippen molar-refractivity contribution in [3.05, 3.63) is 5.28 Å². The molecule has 21 heavy (non-hydrogen) atoms. The number of nitrogens with zero attached hydrogens (tertiary/aromatic N) is 4. The van der Waals surface area contributed by atoms with E-state index in [1.807, 2.05) is 0 Å². The molecule has 0 spiro atoms. The highest BCUT2D eigenvalue weighted by molar-refractivity contribution is 6.28. The van der Waals surface area contributed by atoms with E-state index in [0.717, 1.165) is 32.5 Å². The quantitative estimate of drug-likeness (QED) is 0.899. The van der Waals surface area contributed by atoms with Crippen molar-refractivity contribution in [2.75, 3.05) is 49.7 Å². The summed E-state index contributed by atoms with van der Waals surface area (Å²) in [6, 6.07) is 0. The number of morpholine rings is 1. The van der Waals surface area contributed by atoms with Gasteiger partial charge in [-0.15, -0.1) is 0 Å². The van der Waals surface area contributed by atoms with Gasteiger partial charge in [0.1, 0.15) is 0 Å². The molecule has 2 saturated heterocycles. The SMILES string of the molecule is CC1(CNc2nc(Cl)nc(N3CCOCC3)n2)CCCO1. The molecular weight excluding hydrogens is 294 g/mol. The van der Waals surface area contributed by atoms with Crippen LogP contribution >= 0.6 is 11.6 Å². The fourth-order valence-corrected chi connectivity index (χ4v) is 2.72. The second-order valence-electron chi connectivity index (χ2n) is 5.58. The summed E-state index contributed by atoms with van der Waals surface area (Å²) < 4.78 is 11.1. The average Bonchev–Trinajstić information content (AvgIpc) is 2.93. The van der Waals surface area contributed by atoms with Gasteiger partial charge in [-0.2, -0.15) is 15.0 Å². The van der Waals surface area contributed by atoms with Gasteiger partial charge in [-0.25, -0.2) is 0 Å². The Labute approximate surface area is 129 Å². The van der Waals surface area contributed by atoms with E-state index in [4.69, 9.17) is 21.1 Å². The van der Waals surface area contributed by atoms with Crippen molar-refractivity contribution in [3.63, 3.8) is 0 Å². The second-order valence-corrected chi connectivity index (χ2v) is 5.92. The van der Waals surface area contributed by atoms with Crippen molar-refractivity contribution < 1.29 is 9.47 Å². The van der Waals surface area contributed by atoms with Gasteiger partial charge in [0.2, 0.25) is 17.2 Å². The van der Waals surface area contributed by atoms with Crippen LogP contribution in [-0.4, -0.2) is 60.0 Å². The van der Waals surface area contributed by atoms with Gasteiger partial charge in [-0.1, -0.05) is 0 Å². The van der Waals surface area contributed by atoms with E-state index in [9.17, 15) is 0 Å². The highest BCUT2D eigenvalue weighted by Gasteiger charge is 2.29. The Kier molecular flexibility index (Phi) is 4.42. The summed E-state index contributed by atoms with van der Waals surface area (Å²) in [6.07, 6.45) is 2.13. The van der Waals surface area contributed by atoms with Crippen LogP contribution in [0.2, 0.25) is 5.28 Å². The van der Waals surface area contributed by atoms with Crippen molar-refractivity contribution in [2.45, 2.75) is 25.4 Å². The second kappa shape index (κ2) is 6.29. The van der Waals surface area contributed by atoms with Crippen molar-refractivity contribution in [1.82, 2.24) is 15.0 Å². The van der Waals surface area contributed by atoms with E-state index in [1.165, 1.54) is 0 Å². The Bertz CT molecular complexity index is 489. The number of ether oxygens (including phenoxy) is 2. The molecule has 3 rings (SSSR count). The number of anilines is 2. The van der Waals surface area contributed by atoms with Crippen LogP contribution in [0.5, 0.6) is 0 Å². The molecule has 0 bridgehead atoms. The van der Waals surface area contributed by atoms with Crippen LogP contribution in [0.4, 0.5) is 11.9 Å². The highest BCUT2D eigenvalue weighted by atomic mass is 35.5. The molecule has 0 radical (unpaired) electrons. The standard InChI is InChI=1S/C13H20ClN5O2/c1-13(3-2-6-21-13)9-15-11-16-10(14)17-12(18-11)19-4-7-20-8-5-19/h2-9H2,1H3,(H,15,16,17,18). The predicted molar refractivity (Wildman–Crippen MR) is 79.9 cm³/mol. The van der Waals surface area contributed by atoms with Gasteiger partial charge in [0.05, 0.1) is 18.8 Å². The number of aromatic nitrogens is 3. The minimum absolute atomic E-state index is 0.155. The van der Waals surface area contributed by atoms with E-state index in [-0.39, 0.29) is 10.9 Å². The van der Waals surface area contributed by atoms with E-state index in [2.05, 4.69) is 32.1 Å². The summed E-state index contributed by atoms with van der Waals surface area (Å²) >= 11 is 6.01. The summed E-state index contributed by atoms with van der Waals surface area (Å²) in [6.45, 7) is 6.46. The lowest BCUT2D eigenvalue weighted by atomic mass is 10.0. The summed E-state index contributed by atoms with van der Waals surface area (Å²) in [5, 5.41) is 3.42. The van der Waals surface area contributed by atoms with Gasteiger partial charge < -0.3 is 19.7 Å². The first-order valence-corrected chi connectivity index (χ1v) is 7.65. The van der Waals surface area contributed by atoms with Gasteiger partial charge in [0, 0.05) is 26.2 Å². The largest absolute Gasteiger partial charge is 0.378 e. The molecule has 0 aromatic carbocycles. The maximum Gasteiger partial charge on any atom is 0.231 e. The average molecular weight is 314 g/mol. The zero-order chi connectivity index (χ0) is 14.7. The summed E-state index contributed by atoms with van der Waals surface area (Å²) in [4.78, 5) is 14.8. The molecule has 1 aromatic heterocycles. The topological polar surface area (TPSA) is 72.4 Å². The van der Waals surface area contributed by atoms with Crippen molar-refractivity contribution >= 4 is 23.5 Å². The monoisotopic (exact) mass is 313 g/mol. The number of hydrogen-bond acceptors (Lipinski definition) is 7. The number of halogens is 1. The Hall–Kier alpha value is -1.18. The molecule has 0 amide bonds. The fourth-order valence-electron chi connectivity index (χ4n) is 2.57. The maximum absolute atomic E-state index is 6.01. The fraction of sp³-hybridized carbons (Fsp3) is 0.769. The van der Waals surface area contributed by atoms with Crippen LogP contribution in [0, 0.1) is 0 Å². The Morgan fingerprint density at radius 2 is 2.05 bits per heavy atom. The molecule has 0 aliphatic carbocycles. The minimum Gasteiger partial charge on any atom is -0.378 e. The molecule has 8 heteroatoms. The maximum atomic E-state index is 6.01. The Morgan fingerprint density at radius 1 is 1.24 bits per heavy atom. The minimum atomic E-state index is -0.155. The molecule has 1 atom stereocenters. The molecule has 2 fully saturated rings. The van der Waals surface area contributed by atoms with E-state index in [1.54, 1.807) is 0 Å². The van der Waals surface area contributed by atoms with Gasteiger partial charge in [0.25, 0.3) is 0 Å². The molecule has 3 heterocycles. The van der Waals surface area contributed by atoms with Crippen molar-refractivity contribution in [1.29, 1.82) is 0 Å². The normalized spacial score (nSPS) is 26.1. The van der Waals surface area contributed by atoms with Crippen LogP contribution in [0.1, 0.15) is 19.8 Å². The predicted octanol–water partition coefficient (Wildman–Crippen LogP) is 1.34. The van der Waals surface area contributed by atoms with E-state index < -0.39 is 0 Å². The van der Waals surface area contributed by atoms with Crippen molar-refractivity contribution in [2.24, 2.45) is 0 Å². The van der Waals surface area contributed by atoms with Crippen molar-refractivity contribution in [3.8, 4) is 0 Å². The lowest BCUT2D eigenvalue weighted by Gasteiger charge is -2.27. The number of rotatable bonds is 4. The smallest absolute Gasteiger partial charge is 0.231 e. The van der Waals surface area contributed by atoms with E-state index in [0.29, 0.717) is 31.7 Å². The van der Waals surface area contributed by atoms with Crippen LogP contribution in [0.25, 0.3) is 0 Å². The first-order chi connectivity index (χ1) is 10.1. The molecule has 7 nitrogen and oxygen atoms in total. The summed E-state index contributed by atoms with van der Waals surface area (Å²) in [7, 11) is 0. The lowest BCUT2D eigenvalue weighted by molar-refractivity contribution is 0.0314. The first-order valence-electron chi connectivity index (χ1n) is 7.27. The van der Waals surface area contributed by atoms with Gasteiger partial charge >= 0.3 is 0 Å². The molecule has 0 saturated carbocycles. The lowest BCUT2D eigenvalue weighted by Crippen LogP contribution is -2.38. The first kappa shape index (κ1) is 14.7. The van der Waals surface area contributed by atoms with Gasteiger partial charge in [0.15, 0.2) is 0 Å². The third-order valence-corrected chi connectivity index (χ3v) is 3.98. The third-order valence-electron chi connectivity index (χ3n) is 3.81. The van der Waals surface area contributed by atoms with E-state index >= 15 is 0 Å². The summed E-state index contributed by atoms with van der Waals surface area (Å²) in [5.41, 5.74) is -0.155. The number of hydrogen-bond donors (Lipinski definition) is 1. The molecular formula is C13H20ClN5O2. The Morgan fingerprint density at radius 3 is 2.76 bits per heavy atom. The molecule has 2 aliphatic heterocycles. The number of nitrogens with one attached hydrogen (secondary N) is 1. The third kappa shape index (κ3) is 3.72. The molecule has 1 unspecified atom stereocenters. The van der Waals surface area contributed by atoms with Gasteiger partial charge in [-0.05, 0) is 31.4 Å². The van der Waals surface area contributed by atoms with Crippen LogP contribution in [0.15, 0.2) is 0 Å². The zero-order valence-electron chi connectivity index (χ0n) is 12.1.